The van der Waals surface area contributed by atoms with Gasteiger partial charge in [-0.05, 0) is 23.8 Å². The minimum atomic E-state index is -1.03. The van der Waals surface area contributed by atoms with Crippen molar-refractivity contribution in [1.29, 1.82) is 0 Å². The zero-order valence-corrected chi connectivity index (χ0v) is 14.0. The molecule has 132 valence electrons. The van der Waals surface area contributed by atoms with Crippen molar-refractivity contribution in [1.82, 2.24) is 4.90 Å². The molecule has 0 aliphatic carbocycles. The maximum absolute atomic E-state index is 13.1. The molecule has 0 aliphatic rings. The smallest absolute Gasteiger partial charge is 0.243 e. The van der Waals surface area contributed by atoms with Crippen molar-refractivity contribution in [2.75, 3.05) is 31.3 Å². The number of hydrogen-bond donors (Lipinski definition) is 2. The van der Waals surface area contributed by atoms with Gasteiger partial charge in [0.15, 0.2) is 11.6 Å². The number of nitrogens with one attached hydrogen (secondary N) is 2. The highest BCUT2D eigenvalue weighted by atomic mass is 19.2. The van der Waals surface area contributed by atoms with Gasteiger partial charge in [-0.2, -0.15) is 0 Å². The van der Waals surface area contributed by atoms with Crippen LogP contribution < -0.4 is 10.6 Å². The molecular formula is C18H19F2N3O2. The van der Waals surface area contributed by atoms with E-state index in [1.165, 1.54) is 11.0 Å². The van der Waals surface area contributed by atoms with E-state index in [1.54, 1.807) is 32.3 Å². The predicted octanol–water partition coefficient (Wildman–Crippen LogP) is 2.65. The Bertz CT molecular complexity index is 779. The molecule has 0 aromatic heterocycles. The van der Waals surface area contributed by atoms with Crippen molar-refractivity contribution < 1.29 is 18.4 Å². The number of hydrogen-bond acceptors (Lipinski definition) is 3. The third kappa shape index (κ3) is 5.27. The molecule has 25 heavy (non-hydrogen) atoms. The number of nitrogens with zero attached hydrogens (tertiary/aromatic N) is 1. The van der Waals surface area contributed by atoms with Gasteiger partial charge in [0.2, 0.25) is 11.8 Å². The van der Waals surface area contributed by atoms with E-state index < -0.39 is 17.5 Å². The second-order valence-electron chi connectivity index (χ2n) is 5.65. The van der Waals surface area contributed by atoms with Gasteiger partial charge in [-0.25, -0.2) is 8.78 Å². The fraction of sp³-hybridized carbons (Fsp3) is 0.222. The molecule has 2 aromatic carbocycles. The summed E-state index contributed by atoms with van der Waals surface area (Å²) >= 11 is 0. The first-order valence-corrected chi connectivity index (χ1v) is 7.63. The predicted molar refractivity (Wildman–Crippen MR) is 92.3 cm³/mol. The summed E-state index contributed by atoms with van der Waals surface area (Å²) in [4.78, 5) is 25.3. The topological polar surface area (TPSA) is 61.4 Å². The van der Waals surface area contributed by atoms with Crippen molar-refractivity contribution >= 4 is 23.2 Å². The fourth-order valence-corrected chi connectivity index (χ4v) is 2.12. The van der Waals surface area contributed by atoms with E-state index >= 15 is 0 Å². The van der Waals surface area contributed by atoms with Crippen LogP contribution in [0.5, 0.6) is 0 Å². The van der Waals surface area contributed by atoms with Gasteiger partial charge in [-0.15, -0.1) is 0 Å². The molecule has 5 nitrogen and oxygen atoms in total. The number of likely N-dealkylation sites (N-methyl/N-ethyl adjacent to an activating group) is 1. The summed E-state index contributed by atoms with van der Waals surface area (Å²) in [6, 6.07) is 10.3. The fourth-order valence-electron chi connectivity index (χ4n) is 2.12. The number of benzene rings is 2. The van der Waals surface area contributed by atoms with Crippen molar-refractivity contribution in [3.8, 4) is 0 Å². The second kappa shape index (κ2) is 8.23. The number of halogens is 2. The van der Waals surface area contributed by atoms with Gasteiger partial charge in [-0.3, -0.25) is 9.59 Å². The third-order valence-corrected chi connectivity index (χ3v) is 3.50. The van der Waals surface area contributed by atoms with Crippen molar-refractivity contribution in [2.24, 2.45) is 0 Å². The molecule has 0 atom stereocenters. The van der Waals surface area contributed by atoms with Gasteiger partial charge in [0, 0.05) is 31.5 Å². The van der Waals surface area contributed by atoms with Crippen molar-refractivity contribution in [3.05, 3.63) is 59.7 Å². The number of carbonyl (C=O) groups excluding carboxylic acids is 2. The van der Waals surface area contributed by atoms with Gasteiger partial charge in [0.25, 0.3) is 0 Å². The van der Waals surface area contributed by atoms with Gasteiger partial charge >= 0.3 is 0 Å². The third-order valence-electron chi connectivity index (χ3n) is 3.50. The minimum absolute atomic E-state index is 0.0551. The molecule has 0 aliphatic heterocycles. The van der Waals surface area contributed by atoms with Crippen LogP contribution in [0.4, 0.5) is 20.2 Å². The summed E-state index contributed by atoms with van der Waals surface area (Å²) in [5.74, 6) is -2.48. The summed E-state index contributed by atoms with van der Waals surface area (Å²) < 4.78 is 26.0. The second-order valence-corrected chi connectivity index (χ2v) is 5.65. The summed E-state index contributed by atoms with van der Waals surface area (Å²) in [5, 5.41) is 5.43. The minimum Gasteiger partial charge on any atom is -0.376 e. The highest BCUT2D eigenvalue weighted by molar-refractivity contribution is 5.94. The normalized spacial score (nSPS) is 10.2. The Hall–Kier alpha value is -2.96. The average Bonchev–Trinajstić information content (AvgIpc) is 2.57. The molecule has 2 amide bonds. The molecular weight excluding hydrogens is 328 g/mol. The monoisotopic (exact) mass is 347 g/mol. The van der Waals surface area contributed by atoms with Crippen LogP contribution in [0.2, 0.25) is 0 Å². The quantitative estimate of drug-likeness (QED) is 0.844. The van der Waals surface area contributed by atoms with E-state index in [2.05, 4.69) is 10.6 Å². The van der Waals surface area contributed by atoms with E-state index in [1.807, 2.05) is 6.07 Å². The highest BCUT2D eigenvalue weighted by Crippen LogP contribution is 2.17. The first-order chi connectivity index (χ1) is 11.9. The van der Waals surface area contributed by atoms with Gasteiger partial charge in [0.1, 0.15) is 0 Å². The SMILES string of the molecule is CN(C)C(=O)Cc1ccccc1NCC(=O)Nc1ccc(F)c(F)c1. The Labute approximate surface area is 144 Å². The Morgan fingerprint density at radius 3 is 2.44 bits per heavy atom. The first-order valence-electron chi connectivity index (χ1n) is 7.63. The van der Waals surface area contributed by atoms with Crippen molar-refractivity contribution in [3.63, 3.8) is 0 Å². The van der Waals surface area contributed by atoms with Crippen LogP contribution in [-0.2, 0) is 16.0 Å². The molecule has 0 fully saturated rings. The van der Waals surface area contributed by atoms with E-state index in [4.69, 9.17) is 0 Å². The zero-order chi connectivity index (χ0) is 18.4. The molecule has 0 saturated heterocycles. The summed E-state index contributed by atoms with van der Waals surface area (Å²) in [6.07, 6.45) is 0.209. The lowest BCUT2D eigenvalue weighted by molar-refractivity contribution is -0.127. The number of amides is 2. The highest BCUT2D eigenvalue weighted by Gasteiger charge is 2.11. The molecule has 0 radical (unpaired) electrons. The Kier molecular flexibility index (Phi) is 6.05. The first kappa shape index (κ1) is 18.4. The Balaban J connectivity index is 1.97. The lowest BCUT2D eigenvalue weighted by Gasteiger charge is -2.14. The maximum Gasteiger partial charge on any atom is 0.243 e. The molecule has 0 spiro atoms. The van der Waals surface area contributed by atoms with Crippen molar-refractivity contribution in [2.45, 2.75) is 6.42 Å². The summed E-state index contributed by atoms with van der Waals surface area (Å²) in [6.45, 7) is -0.0772. The van der Waals surface area contributed by atoms with Crippen LogP contribution in [0.15, 0.2) is 42.5 Å². The summed E-state index contributed by atoms with van der Waals surface area (Å²) in [7, 11) is 3.35. The lowest BCUT2D eigenvalue weighted by atomic mass is 10.1. The molecule has 2 aromatic rings. The van der Waals surface area contributed by atoms with E-state index in [9.17, 15) is 18.4 Å². The molecule has 2 N–H and O–H groups in total. The molecule has 7 heteroatoms. The zero-order valence-electron chi connectivity index (χ0n) is 14.0. The van der Waals surface area contributed by atoms with E-state index in [0.717, 1.165) is 17.7 Å². The van der Waals surface area contributed by atoms with Crippen LogP contribution in [-0.4, -0.2) is 37.4 Å². The Morgan fingerprint density at radius 2 is 1.76 bits per heavy atom. The maximum atomic E-state index is 13.1. The standard InChI is InChI=1S/C18H19F2N3O2/c1-23(2)18(25)9-12-5-3-4-6-16(12)21-11-17(24)22-13-7-8-14(19)15(20)10-13/h3-8,10,21H,9,11H2,1-2H3,(H,22,24). The molecule has 0 heterocycles. The number of para-hydroxylation sites is 1. The number of rotatable bonds is 6. The van der Waals surface area contributed by atoms with Gasteiger partial charge in [0.05, 0.1) is 13.0 Å². The molecule has 0 bridgehead atoms. The largest absolute Gasteiger partial charge is 0.376 e. The number of anilines is 2. The van der Waals surface area contributed by atoms with Gasteiger partial charge < -0.3 is 15.5 Å². The average molecular weight is 347 g/mol. The van der Waals surface area contributed by atoms with Crippen LogP contribution in [0.3, 0.4) is 0 Å². The van der Waals surface area contributed by atoms with Crippen LogP contribution in [0.1, 0.15) is 5.56 Å². The van der Waals surface area contributed by atoms with Crippen LogP contribution in [0, 0.1) is 11.6 Å². The summed E-state index contributed by atoms with van der Waals surface area (Å²) in [5.41, 5.74) is 1.60. The van der Waals surface area contributed by atoms with Crippen LogP contribution >= 0.6 is 0 Å². The van der Waals surface area contributed by atoms with E-state index in [-0.39, 0.29) is 24.6 Å². The molecule has 0 unspecified atom stereocenters. The number of carbonyl (C=O) groups is 2. The van der Waals surface area contributed by atoms with E-state index in [0.29, 0.717) is 5.69 Å². The Morgan fingerprint density at radius 1 is 1.04 bits per heavy atom. The molecule has 0 saturated carbocycles. The molecule has 2 rings (SSSR count). The van der Waals surface area contributed by atoms with Gasteiger partial charge in [-0.1, -0.05) is 18.2 Å². The lowest BCUT2D eigenvalue weighted by Crippen LogP contribution is -2.25. The van der Waals surface area contributed by atoms with Crippen LogP contribution in [0.25, 0.3) is 0 Å².